The molecule has 4 nitrogen and oxygen atoms in total. The van der Waals surface area contributed by atoms with Gasteiger partial charge in [0.1, 0.15) is 0 Å². The van der Waals surface area contributed by atoms with Crippen LogP contribution in [0.25, 0.3) is 0 Å². The highest BCUT2D eigenvalue weighted by molar-refractivity contribution is 6.70. The zero-order valence-corrected chi connectivity index (χ0v) is 17.1. The van der Waals surface area contributed by atoms with Crippen molar-refractivity contribution >= 4 is 8.72 Å². The van der Waals surface area contributed by atoms with Crippen molar-refractivity contribution in [3.63, 3.8) is 0 Å². The molecule has 0 aromatic carbocycles. The highest BCUT2D eigenvalue weighted by atomic mass is 28.4. The highest BCUT2D eigenvalue weighted by Gasteiger charge is 2.43. The van der Waals surface area contributed by atoms with Gasteiger partial charge in [-0.15, -0.1) is 0 Å². The minimum absolute atomic E-state index is 0.0436. The Bertz CT molecular complexity index is 256. The maximum absolute atomic E-state index is 3.85. The molecule has 0 unspecified atom stereocenters. The van der Waals surface area contributed by atoms with E-state index < -0.39 is 8.72 Å². The lowest BCUT2D eigenvalue weighted by Crippen LogP contribution is -2.87. The summed E-state index contributed by atoms with van der Waals surface area (Å²) < 4.78 is 0. The van der Waals surface area contributed by atoms with Crippen LogP contribution in [0.3, 0.4) is 0 Å². The first-order valence-corrected chi connectivity index (χ1v) is 10.3. The lowest BCUT2D eigenvalue weighted by molar-refractivity contribution is 0.403. The molecule has 0 atom stereocenters. The standard InChI is InChI=1S/C16H40N4Si/c1-11-12-13-17-21(18-14(2,3)4,19-15(5,6)7)20-16(8,9)10/h17-20H,11-13H2,1-10H3. The van der Waals surface area contributed by atoms with Crippen LogP contribution in [-0.2, 0) is 0 Å². The van der Waals surface area contributed by atoms with E-state index in [2.05, 4.69) is 89.2 Å². The van der Waals surface area contributed by atoms with Crippen LogP contribution in [0.5, 0.6) is 0 Å². The SMILES string of the molecule is CCCCN[Si](NC(C)(C)C)(NC(C)(C)C)NC(C)(C)C. The van der Waals surface area contributed by atoms with Gasteiger partial charge in [0.2, 0.25) is 0 Å². The first kappa shape index (κ1) is 21.1. The summed E-state index contributed by atoms with van der Waals surface area (Å²) in [6.07, 6.45) is 2.40. The Morgan fingerprint density at radius 3 is 1.24 bits per heavy atom. The van der Waals surface area contributed by atoms with Gasteiger partial charge in [0.15, 0.2) is 0 Å². The molecule has 0 fully saturated rings. The van der Waals surface area contributed by atoms with Crippen molar-refractivity contribution < 1.29 is 0 Å². The Labute approximate surface area is 134 Å². The molecule has 0 aliphatic carbocycles. The zero-order chi connectivity index (χ0) is 16.9. The summed E-state index contributed by atoms with van der Waals surface area (Å²) in [5, 5.41) is 0. The van der Waals surface area contributed by atoms with Gasteiger partial charge in [0, 0.05) is 16.6 Å². The normalized spacial score (nSPS) is 14.6. The average molecular weight is 317 g/mol. The van der Waals surface area contributed by atoms with E-state index in [-0.39, 0.29) is 16.6 Å². The van der Waals surface area contributed by atoms with Crippen LogP contribution >= 0.6 is 0 Å². The van der Waals surface area contributed by atoms with Crippen molar-refractivity contribution in [1.29, 1.82) is 0 Å². The Morgan fingerprint density at radius 1 is 0.667 bits per heavy atom. The van der Waals surface area contributed by atoms with Crippen LogP contribution in [0.1, 0.15) is 82.1 Å². The van der Waals surface area contributed by atoms with Crippen molar-refractivity contribution in [2.45, 2.75) is 98.7 Å². The molecule has 0 radical (unpaired) electrons. The average Bonchev–Trinajstić information content (AvgIpc) is 2.08. The Balaban J connectivity index is 5.36. The molecule has 0 aromatic heterocycles. The van der Waals surface area contributed by atoms with E-state index in [0.29, 0.717) is 0 Å². The van der Waals surface area contributed by atoms with Crippen LogP contribution in [0.2, 0.25) is 0 Å². The minimum atomic E-state index is -2.24. The van der Waals surface area contributed by atoms with Crippen molar-refractivity contribution in [3.05, 3.63) is 0 Å². The van der Waals surface area contributed by atoms with Crippen molar-refractivity contribution in [2.24, 2.45) is 0 Å². The molecule has 4 N–H and O–H groups in total. The Hall–Kier alpha value is 0.0569. The molecule has 0 amide bonds. The van der Waals surface area contributed by atoms with Crippen LogP contribution in [0.4, 0.5) is 0 Å². The first-order valence-electron chi connectivity index (χ1n) is 8.31. The maximum Gasteiger partial charge on any atom is 0.367 e. The fourth-order valence-electron chi connectivity index (χ4n) is 2.37. The molecule has 0 aliphatic rings. The smallest absolute Gasteiger partial charge is 0.301 e. The number of rotatable bonds is 7. The van der Waals surface area contributed by atoms with Crippen molar-refractivity contribution in [2.75, 3.05) is 6.54 Å². The second-order valence-corrected chi connectivity index (χ2v) is 11.8. The fraction of sp³-hybridized carbons (Fsp3) is 1.00. The third-order valence-corrected chi connectivity index (χ3v) is 6.76. The second kappa shape index (κ2) is 7.55. The molecule has 0 heterocycles. The van der Waals surface area contributed by atoms with Gasteiger partial charge in [-0.25, -0.2) is 0 Å². The topological polar surface area (TPSA) is 48.1 Å². The van der Waals surface area contributed by atoms with E-state index in [9.17, 15) is 0 Å². The summed E-state index contributed by atoms with van der Waals surface area (Å²) in [6, 6.07) is 0. The molecule has 128 valence electrons. The van der Waals surface area contributed by atoms with E-state index in [1.165, 1.54) is 12.8 Å². The minimum Gasteiger partial charge on any atom is -0.301 e. The summed E-state index contributed by atoms with van der Waals surface area (Å²) in [4.78, 5) is 15.4. The van der Waals surface area contributed by atoms with Gasteiger partial charge in [0.25, 0.3) is 0 Å². The van der Waals surface area contributed by atoms with Crippen LogP contribution in [-0.4, -0.2) is 31.9 Å². The first-order chi connectivity index (χ1) is 9.18. The summed E-state index contributed by atoms with van der Waals surface area (Å²) >= 11 is 0. The van der Waals surface area contributed by atoms with Gasteiger partial charge in [-0.3, -0.25) is 14.9 Å². The maximum atomic E-state index is 3.85. The second-order valence-electron chi connectivity index (χ2n) is 9.16. The Morgan fingerprint density at radius 2 is 1.00 bits per heavy atom. The molecule has 0 saturated heterocycles. The quantitative estimate of drug-likeness (QED) is 0.431. The molecule has 0 rings (SSSR count). The van der Waals surface area contributed by atoms with Gasteiger partial charge < -0.3 is 4.98 Å². The van der Waals surface area contributed by atoms with E-state index in [1.807, 2.05) is 0 Å². The number of nitrogens with one attached hydrogen (secondary N) is 4. The molecule has 0 bridgehead atoms. The van der Waals surface area contributed by atoms with Crippen molar-refractivity contribution in [3.8, 4) is 0 Å². The van der Waals surface area contributed by atoms with E-state index in [4.69, 9.17) is 0 Å². The third-order valence-electron chi connectivity index (χ3n) is 2.61. The van der Waals surface area contributed by atoms with Gasteiger partial charge in [0.05, 0.1) is 0 Å². The molecular weight excluding hydrogens is 276 g/mol. The lowest BCUT2D eigenvalue weighted by Gasteiger charge is -2.46. The number of hydrogen-bond acceptors (Lipinski definition) is 4. The van der Waals surface area contributed by atoms with Crippen LogP contribution in [0.15, 0.2) is 0 Å². The summed E-state index contributed by atoms with van der Waals surface area (Å²) in [5.41, 5.74) is 0.131. The van der Waals surface area contributed by atoms with E-state index in [1.54, 1.807) is 0 Å². The van der Waals surface area contributed by atoms with Gasteiger partial charge in [-0.05, 0) is 75.3 Å². The number of hydrogen-bond donors (Lipinski definition) is 4. The molecule has 0 aliphatic heterocycles. The largest absolute Gasteiger partial charge is 0.367 e. The molecule has 21 heavy (non-hydrogen) atoms. The molecule has 0 aromatic rings. The van der Waals surface area contributed by atoms with Crippen LogP contribution in [0, 0.1) is 0 Å². The lowest BCUT2D eigenvalue weighted by atomic mass is 10.1. The number of unbranched alkanes of at least 4 members (excludes halogenated alkanes) is 1. The van der Waals surface area contributed by atoms with Crippen molar-refractivity contribution in [1.82, 2.24) is 19.9 Å². The fourth-order valence-corrected chi connectivity index (χ4v) is 6.75. The summed E-state index contributed by atoms with van der Waals surface area (Å²) in [5.74, 6) is 0. The molecule has 0 spiro atoms. The monoisotopic (exact) mass is 316 g/mol. The summed E-state index contributed by atoms with van der Waals surface area (Å²) in [7, 11) is -2.24. The summed E-state index contributed by atoms with van der Waals surface area (Å²) in [6.45, 7) is 23.3. The third kappa shape index (κ3) is 11.3. The molecule has 0 saturated carbocycles. The predicted octanol–water partition coefficient (Wildman–Crippen LogP) is 2.98. The van der Waals surface area contributed by atoms with Gasteiger partial charge in [-0.1, -0.05) is 13.3 Å². The van der Waals surface area contributed by atoms with Gasteiger partial charge in [-0.2, -0.15) is 0 Å². The highest BCUT2D eigenvalue weighted by Crippen LogP contribution is 2.11. The van der Waals surface area contributed by atoms with E-state index >= 15 is 0 Å². The van der Waals surface area contributed by atoms with Crippen LogP contribution < -0.4 is 19.9 Å². The van der Waals surface area contributed by atoms with Gasteiger partial charge >= 0.3 is 8.72 Å². The molecular formula is C16H40N4Si. The Kier molecular flexibility index (Phi) is 7.57. The van der Waals surface area contributed by atoms with E-state index in [0.717, 1.165) is 6.54 Å². The zero-order valence-electron chi connectivity index (χ0n) is 16.1. The predicted molar refractivity (Wildman–Crippen MR) is 97.3 cm³/mol. The molecule has 5 heteroatoms.